The van der Waals surface area contributed by atoms with E-state index in [0.717, 1.165) is 31.2 Å². The lowest BCUT2D eigenvalue weighted by Crippen LogP contribution is -2.38. The molecule has 9 heteroatoms. The summed E-state index contributed by atoms with van der Waals surface area (Å²) in [4.78, 5) is 30.6. The van der Waals surface area contributed by atoms with E-state index in [9.17, 15) is 9.59 Å². The molecule has 8 nitrogen and oxygen atoms in total. The first kappa shape index (κ1) is 29.2. The molecule has 0 spiro atoms. The third-order valence-corrected chi connectivity index (χ3v) is 6.74. The zero-order valence-corrected chi connectivity index (χ0v) is 24.0. The molecule has 0 aliphatic carbocycles. The van der Waals surface area contributed by atoms with E-state index in [0.29, 0.717) is 59.0 Å². The number of carbonyl (C=O) groups is 2. The maximum Gasteiger partial charge on any atom is 0.254 e. The van der Waals surface area contributed by atoms with Crippen LogP contribution in [0.1, 0.15) is 41.6 Å². The Labute approximate surface area is 240 Å². The average Bonchev–Trinajstić information content (AvgIpc) is 2.92. The van der Waals surface area contributed by atoms with Crippen molar-refractivity contribution in [3.8, 4) is 23.0 Å². The second-order valence-electron chi connectivity index (χ2n) is 9.99. The zero-order chi connectivity index (χ0) is 28.5. The molecular formula is C31H36ClN3O5. The summed E-state index contributed by atoms with van der Waals surface area (Å²) in [5.74, 6) is 1.75. The van der Waals surface area contributed by atoms with Gasteiger partial charge in [-0.2, -0.15) is 0 Å². The Balaban J connectivity index is 1.61. The molecule has 3 aromatic rings. The second kappa shape index (κ2) is 14.1. The van der Waals surface area contributed by atoms with Crippen LogP contribution in [0, 0.1) is 0 Å². The Hall–Kier alpha value is -3.75. The Morgan fingerprint density at radius 1 is 1.00 bits per heavy atom. The molecule has 0 atom stereocenters. The summed E-state index contributed by atoms with van der Waals surface area (Å²) < 4.78 is 17.7. The first-order valence-corrected chi connectivity index (χ1v) is 13.8. The third-order valence-electron chi connectivity index (χ3n) is 6.50. The van der Waals surface area contributed by atoms with Crippen LogP contribution in [0.25, 0.3) is 0 Å². The van der Waals surface area contributed by atoms with E-state index >= 15 is 0 Å². The molecular weight excluding hydrogens is 530 g/mol. The van der Waals surface area contributed by atoms with Crippen LogP contribution in [0.5, 0.6) is 23.0 Å². The third kappa shape index (κ3) is 7.90. The Morgan fingerprint density at radius 3 is 2.55 bits per heavy atom. The van der Waals surface area contributed by atoms with Crippen LogP contribution in [-0.4, -0.2) is 62.5 Å². The van der Waals surface area contributed by atoms with Gasteiger partial charge in [0.25, 0.3) is 5.91 Å². The van der Waals surface area contributed by atoms with Gasteiger partial charge < -0.3 is 29.3 Å². The number of nitrogens with one attached hydrogen (secondary N) is 1. The topological polar surface area (TPSA) is 80.3 Å². The van der Waals surface area contributed by atoms with Gasteiger partial charge in [0.2, 0.25) is 5.91 Å². The number of hydrogen-bond acceptors (Lipinski definition) is 6. The van der Waals surface area contributed by atoms with E-state index in [-0.39, 0.29) is 18.4 Å². The maximum absolute atomic E-state index is 13.7. The summed E-state index contributed by atoms with van der Waals surface area (Å²) in [6, 6.07) is 17.8. The molecule has 1 heterocycles. The van der Waals surface area contributed by atoms with Crippen LogP contribution < -0.4 is 19.5 Å². The first-order valence-electron chi connectivity index (χ1n) is 13.4. The molecule has 4 rings (SSSR count). The van der Waals surface area contributed by atoms with Crippen LogP contribution in [0.2, 0.25) is 5.02 Å². The maximum atomic E-state index is 13.7. The van der Waals surface area contributed by atoms with E-state index in [1.165, 1.54) is 0 Å². The van der Waals surface area contributed by atoms with Crippen molar-refractivity contribution >= 4 is 29.1 Å². The fourth-order valence-electron chi connectivity index (χ4n) is 4.58. The van der Waals surface area contributed by atoms with Gasteiger partial charge in [0, 0.05) is 29.2 Å². The normalized spacial score (nSPS) is 14.8. The molecule has 0 aromatic heterocycles. The molecule has 0 saturated heterocycles. The number of ether oxygens (including phenoxy) is 3. The van der Waals surface area contributed by atoms with Crippen LogP contribution in [0.4, 0.5) is 5.69 Å². The second-order valence-corrected chi connectivity index (χ2v) is 10.4. The van der Waals surface area contributed by atoms with Crippen molar-refractivity contribution in [1.82, 2.24) is 9.80 Å². The fourth-order valence-corrected chi connectivity index (χ4v) is 4.75. The molecule has 0 unspecified atom stereocenters. The highest BCUT2D eigenvalue weighted by molar-refractivity contribution is 6.31. The largest absolute Gasteiger partial charge is 0.496 e. The van der Waals surface area contributed by atoms with Crippen molar-refractivity contribution in [3.63, 3.8) is 0 Å². The molecule has 2 amide bonds. The van der Waals surface area contributed by atoms with Crippen LogP contribution in [-0.2, 0) is 11.3 Å². The number of anilines is 1. The van der Waals surface area contributed by atoms with Gasteiger partial charge in [-0.1, -0.05) is 36.6 Å². The minimum Gasteiger partial charge on any atom is -0.496 e. The van der Waals surface area contributed by atoms with Gasteiger partial charge in [-0.25, -0.2) is 0 Å². The highest BCUT2D eigenvalue weighted by Crippen LogP contribution is 2.36. The zero-order valence-electron chi connectivity index (χ0n) is 23.2. The van der Waals surface area contributed by atoms with Crippen molar-refractivity contribution in [3.05, 3.63) is 76.8 Å². The van der Waals surface area contributed by atoms with Gasteiger partial charge in [-0.3, -0.25) is 9.59 Å². The molecule has 1 aliphatic heterocycles. The van der Waals surface area contributed by atoms with Crippen LogP contribution in [0.3, 0.4) is 0 Å². The highest BCUT2D eigenvalue weighted by Gasteiger charge is 2.22. The van der Waals surface area contributed by atoms with Gasteiger partial charge in [-0.05, 0) is 75.5 Å². The molecule has 3 aromatic carbocycles. The van der Waals surface area contributed by atoms with Crippen LogP contribution in [0.15, 0.2) is 60.7 Å². The molecule has 1 aliphatic rings. The van der Waals surface area contributed by atoms with Crippen molar-refractivity contribution in [2.45, 2.75) is 32.2 Å². The van der Waals surface area contributed by atoms with Crippen molar-refractivity contribution in [2.24, 2.45) is 0 Å². The minimum atomic E-state index is -0.348. The van der Waals surface area contributed by atoms with E-state index in [4.69, 9.17) is 25.8 Å². The number of methoxy groups -OCH3 is 1. The quantitative estimate of drug-likeness (QED) is 0.403. The van der Waals surface area contributed by atoms with E-state index < -0.39 is 0 Å². The number of hydrogen-bond donors (Lipinski definition) is 1. The van der Waals surface area contributed by atoms with Gasteiger partial charge in [0.15, 0.2) is 17.2 Å². The number of amides is 2. The summed E-state index contributed by atoms with van der Waals surface area (Å²) in [7, 11) is 5.53. The SMILES string of the molecule is COc1ccc(C(=O)N2CCCCCCOc3ccccc3Oc3ccc(Cl)cc3NC(=O)C2)cc1CN(C)C. The van der Waals surface area contributed by atoms with Crippen molar-refractivity contribution in [1.29, 1.82) is 0 Å². The summed E-state index contributed by atoms with van der Waals surface area (Å²) in [6.07, 6.45) is 3.47. The first-order chi connectivity index (χ1) is 19.3. The van der Waals surface area contributed by atoms with Gasteiger partial charge in [0.05, 0.1) is 19.4 Å². The van der Waals surface area contributed by atoms with Gasteiger partial charge in [-0.15, -0.1) is 0 Å². The predicted octanol–water partition coefficient (Wildman–Crippen LogP) is 6.24. The molecule has 0 bridgehead atoms. The lowest BCUT2D eigenvalue weighted by Gasteiger charge is -2.24. The highest BCUT2D eigenvalue weighted by atomic mass is 35.5. The minimum absolute atomic E-state index is 0.112. The summed E-state index contributed by atoms with van der Waals surface area (Å²) in [5, 5.41) is 3.34. The van der Waals surface area contributed by atoms with Gasteiger partial charge >= 0.3 is 0 Å². The Bertz CT molecular complexity index is 1330. The molecule has 1 N–H and O–H groups in total. The van der Waals surface area contributed by atoms with Gasteiger partial charge in [0.1, 0.15) is 12.3 Å². The fraction of sp³-hybridized carbons (Fsp3) is 0.355. The van der Waals surface area contributed by atoms with Crippen LogP contribution >= 0.6 is 11.6 Å². The number of nitrogens with zero attached hydrogens (tertiary/aromatic N) is 2. The summed E-state index contributed by atoms with van der Waals surface area (Å²) in [6.45, 7) is 1.50. The molecule has 0 saturated carbocycles. The molecule has 40 heavy (non-hydrogen) atoms. The lowest BCUT2D eigenvalue weighted by molar-refractivity contribution is -0.116. The van der Waals surface area contributed by atoms with E-state index in [1.807, 2.05) is 49.3 Å². The summed E-state index contributed by atoms with van der Waals surface area (Å²) >= 11 is 6.26. The number of para-hydroxylation sites is 2. The Morgan fingerprint density at radius 2 is 1.77 bits per heavy atom. The number of halogens is 1. The van der Waals surface area contributed by atoms with Crippen molar-refractivity contribution in [2.75, 3.05) is 46.2 Å². The Kier molecular flexibility index (Phi) is 10.3. The van der Waals surface area contributed by atoms with E-state index in [2.05, 4.69) is 5.32 Å². The summed E-state index contributed by atoms with van der Waals surface area (Å²) in [5.41, 5.74) is 1.82. The monoisotopic (exact) mass is 565 g/mol. The predicted molar refractivity (Wildman–Crippen MR) is 157 cm³/mol. The number of fused-ring (bicyclic) bond motifs is 2. The number of benzene rings is 3. The lowest BCUT2D eigenvalue weighted by atomic mass is 10.1. The smallest absolute Gasteiger partial charge is 0.254 e. The molecule has 0 fully saturated rings. The average molecular weight is 566 g/mol. The number of rotatable bonds is 4. The molecule has 212 valence electrons. The van der Waals surface area contributed by atoms with Crippen molar-refractivity contribution < 1.29 is 23.8 Å². The number of carbonyl (C=O) groups excluding carboxylic acids is 2. The molecule has 0 radical (unpaired) electrons. The van der Waals surface area contributed by atoms with E-state index in [1.54, 1.807) is 42.3 Å². The standard InChI is InChI=1S/C31H36ClN3O5/c1-34(2)20-23-18-22(12-14-26(23)38-3)31(37)35-16-8-4-5-9-17-39-28-10-6-7-11-29(28)40-27-15-13-24(32)19-25(27)33-30(36)21-35/h6-7,10-15,18-19H,4-5,8-9,16-17,20-21H2,1-3H3,(H,33,36).